The molecular formula is C20H17ClFN9O2. The van der Waals surface area contributed by atoms with E-state index in [1.807, 2.05) is 42.3 Å². The van der Waals surface area contributed by atoms with Crippen LogP contribution in [-0.2, 0) is 6.54 Å². The third-order valence-corrected chi connectivity index (χ3v) is 4.95. The average molecular weight is 470 g/mol. The molecule has 2 heterocycles. The lowest BCUT2D eigenvalue weighted by Crippen LogP contribution is -2.24. The molecular weight excluding hydrogens is 453 g/mol. The third-order valence-electron chi connectivity index (χ3n) is 4.62. The Hall–Kier alpha value is -4.32. The smallest absolute Gasteiger partial charge is 0.293 e. The number of para-hydroxylation sites is 1. The van der Waals surface area contributed by atoms with E-state index < -0.39 is 11.7 Å². The van der Waals surface area contributed by atoms with Gasteiger partial charge in [-0.3, -0.25) is 4.79 Å². The van der Waals surface area contributed by atoms with Gasteiger partial charge in [0.25, 0.3) is 5.91 Å². The van der Waals surface area contributed by atoms with Crippen LogP contribution < -0.4 is 16.1 Å². The van der Waals surface area contributed by atoms with Crippen molar-refractivity contribution in [1.82, 2.24) is 30.7 Å². The van der Waals surface area contributed by atoms with Gasteiger partial charge in [0.15, 0.2) is 5.69 Å². The van der Waals surface area contributed by atoms with Gasteiger partial charge in [0.1, 0.15) is 5.82 Å². The number of hydrazone groups is 1. The quantitative estimate of drug-likeness (QED) is 0.310. The zero-order chi connectivity index (χ0) is 23.4. The molecule has 3 N–H and O–H groups in total. The average Bonchev–Trinajstić information content (AvgIpc) is 3.42. The highest BCUT2D eigenvalue weighted by Gasteiger charge is 2.25. The molecule has 1 amide bonds. The summed E-state index contributed by atoms with van der Waals surface area (Å²) >= 11 is 5.97. The summed E-state index contributed by atoms with van der Waals surface area (Å²) in [7, 11) is 1.83. The van der Waals surface area contributed by atoms with E-state index in [-0.39, 0.29) is 34.5 Å². The Morgan fingerprint density at radius 1 is 1.27 bits per heavy atom. The molecule has 0 aliphatic heterocycles. The molecule has 2 aromatic carbocycles. The van der Waals surface area contributed by atoms with E-state index in [1.54, 1.807) is 0 Å². The number of carbonyl (C=O) groups is 1. The van der Waals surface area contributed by atoms with Gasteiger partial charge >= 0.3 is 0 Å². The summed E-state index contributed by atoms with van der Waals surface area (Å²) in [6, 6.07) is 13.7. The van der Waals surface area contributed by atoms with Crippen molar-refractivity contribution in [2.45, 2.75) is 6.54 Å². The molecule has 0 spiro atoms. The first-order valence-electron chi connectivity index (χ1n) is 9.52. The highest BCUT2D eigenvalue weighted by atomic mass is 35.5. The molecule has 0 radical (unpaired) electrons. The molecule has 0 aliphatic rings. The molecule has 13 heteroatoms. The minimum Gasteiger partial charge on any atom is -0.378 e. The van der Waals surface area contributed by atoms with Crippen molar-refractivity contribution in [2.75, 3.05) is 17.7 Å². The van der Waals surface area contributed by atoms with E-state index in [9.17, 15) is 9.18 Å². The number of benzene rings is 2. The topological polar surface area (TPSA) is 140 Å². The van der Waals surface area contributed by atoms with Crippen LogP contribution in [0.2, 0.25) is 5.02 Å². The van der Waals surface area contributed by atoms with E-state index in [0.717, 1.165) is 11.9 Å². The van der Waals surface area contributed by atoms with Crippen LogP contribution in [0.5, 0.6) is 0 Å². The fourth-order valence-corrected chi connectivity index (χ4v) is 3.18. The fourth-order valence-electron chi connectivity index (χ4n) is 2.97. The van der Waals surface area contributed by atoms with Crippen LogP contribution in [-0.4, -0.2) is 44.5 Å². The number of aromatic nitrogens is 5. The standard InChI is InChI=1S/C20H17ClFN9O2/c1-30(12-6-3-2-4-7-12)11-16-17(25-29-31(16)19-18(23)27-33-28-19)20(32)26-24-10-13-14(21)8-5-9-15(13)22/h2-10H,11H2,1H3,(H2,23,27)(H,26,32)/b24-10-. The van der Waals surface area contributed by atoms with Gasteiger partial charge in [0, 0.05) is 18.3 Å². The minimum absolute atomic E-state index is 0.0253. The Morgan fingerprint density at radius 2 is 2.06 bits per heavy atom. The van der Waals surface area contributed by atoms with Crippen LogP contribution in [0.15, 0.2) is 58.3 Å². The van der Waals surface area contributed by atoms with Crippen molar-refractivity contribution >= 4 is 35.2 Å². The van der Waals surface area contributed by atoms with E-state index in [4.69, 9.17) is 17.3 Å². The van der Waals surface area contributed by atoms with Gasteiger partial charge in [0.2, 0.25) is 11.6 Å². The molecule has 0 unspecified atom stereocenters. The zero-order valence-electron chi connectivity index (χ0n) is 17.2. The first-order valence-corrected chi connectivity index (χ1v) is 9.90. The monoisotopic (exact) mass is 469 g/mol. The highest BCUT2D eigenvalue weighted by Crippen LogP contribution is 2.20. The Kier molecular flexibility index (Phi) is 6.26. The van der Waals surface area contributed by atoms with Crippen molar-refractivity contribution in [3.05, 3.63) is 76.3 Å². The molecule has 4 aromatic rings. The Bertz CT molecular complexity index is 1290. The van der Waals surface area contributed by atoms with E-state index in [1.165, 1.54) is 22.9 Å². The molecule has 0 fully saturated rings. The van der Waals surface area contributed by atoms with Crippen LogP contribution in [0.3, 0.4) is 0 Å². The summed E-state index contributed by atoms with van der Waals surface area (Å²) in [5.41, 5.74) is 9.33. The van der Waals surface area contributed by atoms with Crippen LogP contribution >= 0.6 is 11.6 Å². The number of nitrogens with two attached hydrogens (primary N) is 1. The molecule has 0 aliphatic carbocycles. The predicted molar refractivity (Wildman–Crippen MR) is 119 cm³/mol. The number of hydrogen-bond donors (Lipinski definition) is 2. The number of hydrogen-bond acceptors (Lipinski definition) is 9. The van der Waals surface area contributed by atoms with Crippen molar-refractivity contribution in [2.24, 2.45) is 5.10 Å². The number of halogens is 2. The van der Waals surface area contributed by atoms with E-state index in [0.29, 0.717) is 5.69 Å². The van der Waals surface area contributed by atoms with Gasteiger partial charge in [-0.2, -0.15) is 9.78 Å². The van der Waals surface area contributed by atoms with Crippen molar-refractivity contribution in [3.63, 3.8) is 0 Å². The number of carbonyl (C=O) groups excluding carboxylic acids is 1. The van der Waals surface area contributed by atoms with Crippen molar-refractivity contribution in [1.29, 1.82) is 0 Å². The van der Waals surface area contributed by atoms with Gasteiger partial charge in [-0.1, -0.05) is 41.1 Å². The maximum absolute atomic E-state index is 13.9. The Morgan fingerprint density at radius 3 is 2.76 bits per heavy atom. The molecule has 33 heavy (non-hydrogen) atoms. The third kappa shape index (κ3) is 4.65. The van der Waals surface area contributed by atoms with Crippen LogP contribution in [0.25, 0.3) is 5.82 Å². The Labute approximate surface area is 191 Å². The number of rotatable bonds is 7. The number of anilines is 2. The van der Waals surface area contributed by atoms with Crippen molar-refractivity contribution in [3.8, 4) is 5.82 Å². The molecule has 0 saturated heterocycles. The maximum atomic E-state index is 13.9. The number of nitrogens with one attached hydrogen (secondary N) is 1. The summed E-state index contributed by atoms with van der Waals surface area (Å²) < 4.78 is 19.8. The molecule has 0 atom stereocenters. The Balaban J connectivity index is 1.63. The second-order valence-corrected chi connectivity index (χ2v) is 7.20. The highest BCUT2D eigenvalue weighted by molar-refractivity contribution is 6.33. The minimum atomic E-state index is -0.684. The van der Waals surface area contributed by atoms with Crippen LogP contribution in [0.4, 0.5) is 15.9 Å². The maximum Gasteiger partial charge on any atom is 0.293 e. The van der Waals surface area contributed by atoms with Gasteiger partial charge in [-0.05, 0) is 34.6 Å². The lowest BCUT2D eigenvalue weighted by Gasteiger charge is -2.19. The second kappa shape index (κ2) is 9.44. The normalized spacial score (nSPS) is 11.1. The lowest BCUT2D eigenvalue weighted by molar-refractivity contribution is 0.0949. The summed E-state index contributed by atoms with van der Waals surface area (Å²) in [6.07, 6.45) is 1.11. The van der Waals surface area contributed by atoms with Crippen molar-refractivity contribution < 1.29 is 13.8 Å². The zero-order valence-corrected chi connectivity index (χ0v) is 17.9. The summed E-state index contributed by atoms with van der Waals surface area (Å²) in [5, 5.41) is 19.2. The molecule has 11 nitrogen and oxygen atoms in total. The lowest BCUT2D eigenvalue weighted by atomic mass is 10.2. The largest absolute Gasteiger partial charge is 0.378 e. The number of nitrogens with zero attached hydrogens (tertiary/aromatic N) is 7. The van der Waals surface area contributed by atoms with E-state index in [2.05, 4.69) is 35.8 Å². The first-order chi connectivity index (χ1) is 16.0. The van der Waals surface area contributed by atoms with Gasteiger partial charge in [0.05, 0.1) is 23.5 Å². The summed E-state index contributed by atoms with van der Waals surface area (Å²) in [6.45, 7) is 0.203. The van der Waals surface area contributed by atoms with Gasteiger partial charge in [-0.25, -0.2) is 14.4 Å². The second-order valence-electron chi connectivity index (χ2n) is 6.80. The van der Waals surface area contributed by atoms with E-state index >= 15 is 0 Å². The first kappa shape index (κ1) is 21.9. The summed E-state index contributed by atoms with van der Waals surface area (Å²) in [5.74, 6) is -1.20. The van der Waals surface area contributed by atoms with Gasteiger partial charge in [-0.15, -0.1) is 5.10 Å². The molecule has 0 saturated carbocycles. The molecule has 0 bridgehead atoms. The predicted octanol–water partition coefficient (Wildman–Crippen LogP) is 2.43. The molecule has 168 valence electrons. The number of nitrogen functional groups attached to an aromatic ring is 1. The van der Waals surface area contributed by atoms with Crippen LogP contribution in [0, 0.1) is 5.82 Å². The fraction of sp³-hybridized carbons (Fsp3) is 0.100. The van der Waals surface area contributed by atoms with Crippen LogP contribution in [0.1, 0.15) is 21.7 Å². The van der Waals surface area contributed by atoms with Gasteiger partial charge < -0.3 is 10.6 Å². The summed E-state index contributed by atoms with van der Waals surface area (Å²) in [4.78, 5) is 14.7. The number of amides is 1. The molecule has 2 aromatic heterocycles. The SMILES string of the molecule is CN(Cc1c(C(=O)N/N=C\c2c(F)cccc2Cl)nnn1-c1nonc1N)c1ccccc1. The molecule has 4 rings (SSSR count).